The first kappa shape index (κ1) is 14.0. The molecule has 4 nitrogen and oxygen atoms in total. The molecule has 4 heteroatoms. The van der Waals surface area contributed by atoms with Crippen molar-refractivity contribution < 1.29 is 4.74 Å². The molecule has 0 saturated heterocycles. The summed E-state index contributed by atoms with van der Waals surface area (Å²) in [7, 11) is 1.74. The predicted molar refractivity (Wildman–Crippen MR) is 78.2 cm³/mol. The fourth-order valence-corrected chi connectivity index (χ4v) is 2.24. The van der Waals surface area contributed by atoms with E-state index in [1.54, 1.807) is 7.11 Å². The number of hydrogen-bond donors (Lipinski definition) is 1. The standard InChI is InChI=1S/C15H23N3O/c1-4-18-15-8-6-5-7-13(15)14(17-18)11-16-12(2)9-10-19-3/h5-8,12,16H,4,9-11H2,1-3H3. The van der Waals surface area contributed by atoms with Crippen LogP contribution in [0.4, 0.5) is 0 Å². The Morgan fingerprint density at radius 3 is 2.89 bits per heavy atom. The normalized spacial score (nSPS) is 13.0. The highest BCUT2D eigenvalue weighted by molar-refractivity contribution is 5.81. The Morgan fingerprint density at radius 1 is 1.37 bits per heavy atom. The lowest BCUT2D eigenvalue weighted by atomic mass is 10.2. The first-order valence-corrected chi connectivity index (χ1v) is 6.93. The fraction of sp³-hybridized carbons (Fsp3) is 0.533. The van der Waals surface area contributed by atoms with E-state index in [9.17, 15) is 0 Å². The molecule has 0 radical (unpaired) electrons. The van der Waals surface area contributed by atoms with Crippen LogP contribution in [-0.4, -0.2) is 29.5 Å². The molecular weight excluding hydrogens is 238 g/mol. The summed E-state index contributed by atoms with van der Waals surface area (Å²) in [6.07, 6.45) is 1.02. The van der Waals surface area contributed by atoms with Crippen LogP contribution in [0.5, 0.6) is 0 Å². The number of methoxy groups -OCH3 is 1. The summed E-state index contributed by atoms with van der Waals surface area (Å²) in [4.78, 5) is 0. The minimum absolute atomic E-state index is 0.436. The van der Waals surface area contributed by atoms with Crippen molar-refractivity contribution in [1.82, 2.24) is 15.1 Å². The number of rotatable bonds is 7. The molecular formula is C15H23N3O. The molecule has 1 aromatic heterocycles. The Hall–Kier alpha value is -1.39. The minimum Gasteiger partial charge on any atom is -0.385 e. The zero-order valence-electron chi connectivity index (χ0n) is 12.0. The molecule has 0 aliphatic carbocycles. The molecule has 0 spiro atoms. The van der Waals surface area contributed by atoms with Crippen molar-refractivity contribution in [2.75, 3.05) is 13.7 Å². The summed E-state index contributed by atoms with van der Waals surface area (Å²) in [6.45, 7) is 6.80. The molecule has 0 saturated carbocycles. The van der Waals surface area contributed by atoms with Gasteiger partial charge in [0, 0.05) is 38.2 Å². The van der Waals surface area contributed by atoms with Crippen LogP contribution < -0.4 is 5.32 Å². The maximum absolute atomic E-state index is 5.10. The van der Waals surface area contributed by atoms with Crippen molar-refractivity contribution >= 4 is 10.9 Å². The second-order valence-corrected chi connectivity index (χ2v) is 4.84. The molecule has 1 atom stereocenters. The Labute approximate surface area is 114 Å². The average molecular weight is 261 g/mol. The van der Waals surface area contributed by atoms with Crippen molar-refractivity contribution in [3.63, 3.8) is 0 Å². The van der Waals surface area contributed by atoms with Gasteiger partial charge in [-0.1, -0.05) is 18.2 Å². The highest BCUT2D eigenvalue weighted by Gasteiger charge is 2.09. The highest BCUT2D eigenvalue weighted by Crippen LogP contribution is 2.18. The molecule has 0 bridgehead atoms. The molecule has 1 N–H and O–H groups in total. The van der Waals surface area contributed by atoms with Crippen molar-refractivity contribution in [2.45, 2.75) is 39.4 Å². The number of aromatic nitrogens is 2. The van der Waals surface area contributed by atoms with Gasteiger partial charge in [-0.05, 0) is 26.3 Å². The van der Waals surface area contributed by atoms with Crippen LogP contribution in [-0.2, 0) is 17.8 Å². The molecule has 19 heavy (non-hydrogen) atoms. The van der Waals surface area contributed by atoms with E-state index in [0.29, 0.717) is 6.04 Å². The van der Waals surface area contributed by atoms with Crippen LogP contribution in [0.25, 0.3) is 10.9 Å². The third kappa shape index (κ3) is 3.33. The van der Waals surface area contributed by atoms with Gasteiger partial charge in [0.2, 0.25) is 0 Å². The van der Waals surface area contributed by atoms with Crippen molar-refractivity contribution in [3.8, 4) is 0 Å². The van der Waals surface area contributed by atoms with Gasteiger partial charge in [-0.3, -0.25) is 4.68 Å². The molecule has 2 rings (SSSR count). The van der Waals surface area contributed by atoms with Crippen molar-refractivity contribution in [3.05, 3.63) is 30.0 Å². The largest absolute Gasteiger partial charge is 0.385 e. The SMILES string of the molecule is CCn1nc(CNC(C)CCOC)c2ccccc21. The van der Waals surface area contributed by atoms with E-state index in [4.69, 9.17) is 4.74 Å². The molecule has 1 aromatic carbocycles. The molecule has 1 heterocycles. The van der Waals surface area contributed by atoms with Crippen LogP contribution in [0.15, 0.2) is 24.3 Å². The smallest absolute Gasteiger partial charge is 0.0841 e. The van der Waals surface area contributed by atoms with Gasteiger partial charge in [0.05, 0.1) is 11.2 Å². The van der Waals surface area contributed by atoms with E-state index < -0.39 is 0 Å². The van der Waals surface area contributed by atoms with Crippen LogP contribution in [0, 0.1) is 0 Å². The topological polar surface area (TPSA) is 39.1 Å². The van der Waals surface area contributed by atoms with E-state index in [1.165, 1.54) is 10.9 Å². The molecule has 0 aliphatic heterocycles. The Kier molecular flexibility index (Phi) is 4.93. The summed E-state index contributed by atoms with van der Waals surface area (Å²) in [5, 5.41) is 9.44. The fourth-order valence-electron chi connectivity index (χ4n) is 2.24. The summed E-state index contributed by atoms with van der Waals surface area (Å²) in [5.74, 6) is 0. The van der Waals surface area contributed by atoms with Crippen LogP contribution in [0.2, 0.25) is 0 Å². The summed E-state index contributed by atoms with van der Waals surface area (Å²) >= 11 is 0. The van der Waals surface area contributed by atoms with Crippen LogP contribution in [0.3, 0.4) is 0 Å². The number of benzene rings is 1. The number of para-hydroxylation sites is 1. The summed E-state index contributed by atoms with van der Waals surface area (Å²) in [6, 6.07) is 8.84. The van der Waals surface area contributed by atoms with E-state index in [1.807, 2.05) is 0 Å². The van der Waals surface area contributed by atoms with Crippen LogP contribution in [0.1, 0.15) is 26.0 Å². The number of ether oxygens (including phenoxy) is 1. The molecule has 1 unspecified atom stereocenters. The van der Waals surface area contributed by atoms with E-state index in [2.05, 4.69) is 53.2 Å². The molecule has 0 amide bonds. The second kappa shape index (κ2) is 6.68. The first-order valence-electron chi connectivity index (χ1n) is 6.93. The Morgan fingerprint density at radius 2 is 2.16 bits per heavy atom. The van der Waals surface area contributed by atoms with Crippen molar-refractivity contribution in [1.29, 1.82) is 0 Å². The molecule has 2 aromatic rings. The second-order valence-electron chi connectivity index (χ2n) is 4.84. The van der Waals surface area contributed by atoms with Gasteiger partial charge >= 0.3 is 0 Å². The number of aryl methyl sites for hydroxylation is 1. The van der Waals surface area contributed by atoms with Gasteiger partial charge in [0.25, 0.3) is 0 Å². The first-order chi connectivity index (χ1) is 9.26. The van der Waals surface area contributed by atoms with Gasteiger partial charge in [-0.2, -0.15) is 5.10 Å². The van der Waals surface area contributed by atoms with Gasteiger partial charge in [0.1, 0.15) is 0 Å². The number of nitrogens with one attached hydrogen (secondary N) is 1. The summed E-state index contributed by atoms with van der Waals surface area (Å²) in [5.41, 5.74) is 2.34. The zero-order chi connectivity index (χ0) is 13.7. The Bertz CT molecular complexity index is 521. The van der Waals surface area contributed by atoms with E-state index >= 15 is 0 Å². The molecule has 0 aliphatic rings. The highest BCUT2D eigenvalue weighted by atomic mass is 16.5. The van der Waals surface area contributed by atoms with E-state index in [-0.39, 0.29) is 0 Å². The third-order valence-electron chi connectivity index (χ3n) is 3.41. The van der Waals surface area contributed by atoms with Gasteiger partial charge in [-0.25, -0.2) is 0 Å². The minimum atomic E-state index is 0.436. The maximum Gasteiger partial charge on any atom is 0.0841 e. The Balaban J connectivity index is 2.08. The van der Waals surface area contributed by atoms with E-state index in [0.717, 1.165) is 31.8 Å². The zero-order valence-corrected chi connectivity index (χ0v) is 12.0. The number of nitrogens with zero attached hydrogens (tertiary/aromatic N) is 2. The summed E-state index contributed by atoms with van der Waals surface area (Å²) < 4.78 is 7.16. The maximum atomic E-state index is 5.10. The predicted octanol–water partition coefficient (Wildman–Crippen LogP) is 2.57. The number of fused-ring (bicyclic) bond motifs is 1. The third-order valence-corrected chi connectivity index (χ3v) is 3.41. The monoisotopic (exact) mass is 261 g/mol. The van der Waals surface area contributed by atoms with Crippen molar-refractivity contribution in [2.24, 2.45) is 0 Å². The molecule has 104 valence electrons. The quantitative estimate of drug-likeness (QED) is 0.832. The average Bonchev–Trinajstić information content (AvgIpc) is 2.81. The lowest BCUT2D eigenvalue weighted by Crippen LogP contribution is -2.27. The van der Waals surface area contributed by atoms with Crippen LogP contribution >= 0.6 is 0 Å². The lowest BCUT2D eigenvalue weighted by molar-refractivity contribution is 0.184. The van der Waals surface area contributed by atoms with Gasteiger partial charge in [0.15, 0.2) is 0 Å². The number of hydrogen-bond acceptors (Lipinski definition) is 3. The van der Waals surface area contributed by atoms with Gasteiger partial charge < -0.3 is 10.1 Å². The molecule has 0 fully saturated rings. The van der Waals surface area contributed by atoms with Gasteiger partial charge in [-0.15, -0.1) is 0 Å². The lowest BCUT2D eigenvalue weighted by Gasteiger charge is -2.12.